The van der Waals surface area contributed by atoms with Gasteiger partial charge in [0.15, 0.2) is 5.96 Å². The molecule has 1 aromatic rings. The van der Waals surface area contributed by atoms with E-state index in [0.717, 1.165) is 49.4 Å². The molecule has 0 aromatic heterocycles. The van der Waals surface area contributed by atoms with Gasteiger partial charge in [-0.1, -0.05) is 18.0 Å². The van der Waals surface area contributed by atoms with Gasteiger partial charge in [-0.25, -0.2) is 4.99 Å². The average molecular weight is 465 g/mol. The van der Waals surface area contributed by atoms with E-state index in [4.69, 9.17) is 22.1 Å². The number of nitrogens with one attached hydrogen (secondary N) is 1. The molecule has 1 aromatic carbocycles. The second kappa shape index (κ2) is 9.68. The number of guanidine groups is 1. The standard InChI is InChI=1S/C17H25ClN4O.HI/c18-15-4-5-16(22-6-8-23-9-7-22)14(10-15)12-21-17(19)20-11-13-2-1-3-13;/h4-5,10,13H,1-3,6-9,11-12H2,(H3,19,20,21);1H. The van der Waals surface area contributed by atoms with Crippen LogP contribution >= 0.6 is 35.6 Å². The monoisotopic (exact) mass is 464 g/mol. The third kappa shape index (κ3) is 5.39. The smallest absolute Gasteiger partial charge is 0.188 e. The SMILES string of the molecule is I.NC(=NCc1cc(Cl)ccc1N1CCOCC1)NCC1CCC1. The molecule has 0 unspecified atom stereocenters. The second-order valence-electron chi connectivity index (χ2n) is 6.25. The van der Waals surface area contributed by atoms with E-state index < -0.39 is 0 Å². The lowest BCUT2D eigenvalue weighted by Gasteiger charge is -2.30. The minimum absolute atomic E-state index is 0. The van der Waals surface area contributed by atoms with Crippen LogP contribution in [-0.4, -0.2) is 38.8 Å². The van der Waals surface area contributed by atoms with Crippen LogP contribution < -0.4 is 16.0 Å². The minimum atomic E-state index is 0. The summed E-state index contributed by atoms with van der Waals surface area (Å²) in [4.78, 5) is 6.81. The van der Waals surface area contributed by atoms with Crippen LogP contribution in [0.25, 0.3) is 0 Å². The third-order valence-corrected chi connectivity index (χ3v) is 4.84. The van der Waals surface area contributed by atoms with E-state index >= 15 is 0 Å². The zero-order chi connectivity index (χ0) is 16.1. The summed E-state index contributed by atoms with van der Waals surface area (Å²) in [7, 11) is 0. The molecular formula is C17H26ClIN4O. The van der Waals surface area contributed by atoms with Gasteiger partial charge in [-0.3, -0.25) is 0 Å². The Balaban J connectivity index is 0.00000208. The Hall–Kier alpha value is -0.730. The number of ether oxygens (including phenoxy) is 1. The number of nitrogens with zero attached hydrogens (tertiary/aromatic N) is 2. The number of nitrogens with two attached hydrogens (primary N) is 1. The second-order valence-corrected chi connectivity index (χ2v) is 6.69. The molecule has 0 atom stereocenters. The van der Waals surface area contributed by atoms with E-state index in [-0.39, 0.29) is 24.0 Å². The minimum Gasteiger partial charge on any atom is -0.378 e. The number of rotatable bonds is 5. The van der Waals surface area contributed by atoms with E-state index in [1.54, 1.807) is 0 Å². The van der Waals surface area contributed by atoms with Gasteiger partial charge in [0.25, 0.3) is 0 Å². The molecule has 1 aliphatic carbocycles. The first-order valence-electron chi connectivity index (χ1n) is 8.37. The van der Waals surface area contributed by atoms with Crippen LogP contribution in [0.2, 0.25) is 5.02 Å². The van der Waals surface area contributed by atoms with Crippen LogP contribution in [0.3, 0.4) is 0 Å². The van der Waals surface area contributed by atoms with Gasteiger partial charge in [-0.2, -0.15) is 0 Å². The lowest BCUT2D eigenvalue weighted by atomic mass is 9.85. The Morgan fingerprint density at radius 2 is 2.08 bits per heavy atom. The number of morpholine rings is 1. The highest BCUT2D eigenvalue weighted by molar-refractivity contribution is 14.0. The van der Waals surface area contributed by atoms with E-state index in [1.165, 1.54) is 24.9 Å². The molecule has 24 heavy (non-hydrogen) atoms. The van der Waals surface area contributed by atoms with Crippen LogP contribution in [0.4, 0.5) is 5.69 Å². The fraction of sp³-hybridized carbons (Fsp3) is 0.588. The summed E-state index contributed by atoms with van der Waals surface area (Å²) in [5.41, 5.74) is 8.27. The first-order valence-corrected chi connectivity index (χ1v) is 8.75. The van der Waals surface area contributed by atoms with E-state index in [2.05, 4.69) is 21.3 Å². The zero-order valence-electron chi connectivity index (χ0n) is 13.8. The van der Waals surface area contributed by atoms with Crippen molar-refractivity contribution in [2.75, 3.05) is 37.7 Å². The molecule has 0 amide bonds. The maximum Gasteiger partial charge on any atom is 0.188 e. The van der Waals surface area contributed by atoms with Crippen molar-refractivity contribution >= 4 is 47.2 Å². The van der Waals surface area contributed by atoms with Crippen molar-refractivity contribution in [2.24, 2.45) is 16.6 Å². The summed E-state index contributed by atoms with van der Waals surface area (Å²) in [6.45, 7) is 4.78. The van der Waals surface area contributed by atoms with Gasteiger partial charge in [0.05, 0.1) is 19.8 Å². The van der Waals surface area contributed by atoms with Crippen LogP contribution in [-0.2, 0) is 11.3 Å². The maximum absolute atomic E-state index is 6.16. The zero-order valence-corrected chi connectivity index (χ0v) is 16.9. The van der Waals surface area contributed by atoms with Crippen LogP contribution in [0, 0.1) is 5.92 Å². The first kappa shape index (κ1) is 19.6. The molecule has 1 saturated heterocycles. The van der Waals surface area contributed by atoms with E-state index in [0.29, 0.717) is 12.5 Å². The highest BCUT2D eigenvalue weighted by atomic mass is 127. The molecule has 3 N–H and O–H groups in total. The van der Waals surface area contributed by atoms with Crippen molar-refractivity contribution < 1.29 is 4.74 Å². The summed E-state index contributed by atoms with van der Waals surface area (Å²) >= 11 is 6.16. The Bertz CT molecular complexity index is 560. The molecule has 1 aliphatic heterocycles. The Labute approximate surface area is 166 Å². The molecule has 0 bridgehead atoms. The third-order valence-electron chi connectivity index (χ3n) is 4.61. The molecule has 5 nitrogen and oxygen atoms in total. The predicted octanol–water partition coefficient (Wildman–Crippen LogP) is 3.00. The Kier molecular flexibility index (Phi) is 7.90. The topological polar surface area (TPSA) is 62.9 Å². The van der Waals surface area contributed by atoms with Crippen LogP contribution in [0.15, 0.2) is 23.2 Å². The van der Waals surface area contributed by atoms with Crippen molar-refractivity contribution in [2.45, 2.75) is 25.8 Å². The van der Waals surface area contributed by atoms with Gasteiger partial charge in [0.2, 0.25) is 0 Å². The molecule has 7 heteroatoms. The number of hydrogen-bond donors (Lipinski definition) is 2. The number of aliphatic imine (C=N–C) groups is 1. The van der Waals surface area contributed by atoms with Crippen LogP contribution in [0.5, 0.6) is 0 Å². The highest BCUT2D eigenvalue weighted by Gasteiger charge is 2.17. The summed E-state index contributed by atoms with van der Waals surface area (Å²) in [5.74, 6) is 1.28. The highest BCUT2D eigenvalue weighted by Crippen LogP contribution is 2.26. The van der Waals surface area contributed by atoms with Crippen molar-refractivity contribution in [1.82, 2.24) is 5.32 Å². The van der Waals surface area contributed by atoms with Crippen LogP contribution in [0.1, 0.15) is 24.8 Å². The van der Waals surface area contributed by atoms with Gasteiger partial charge < -0.3 is 20.7 Å². The first-order chi connectivity index (χ1) is 11.2. The normalized spacial score (nSPS) is 18.7. The Morgan fingerprint density at radius 1 is 1.33 bits per heavy atom. The maximum atomic E-state index is 6.16. The molecule has 1 saturated carbocycles. The van der Waals surface area contributed by atoms with Crippen molar-refractivity contribution in [1.29, 1.82) is 0 Å². The number of halogens is 2. The fourth-order valence-electron chi connectivity index (χ4n) is 2.97. The molecule has 2 aliphatic rings. The molecular weight excluding hydrogens is 439 g/mol. The quantitative estimate of drug-likeness (QED) is 0.399. The summed E-state index contributed by atoms with van der Waals surface area (Å²) in [6.07, 6.45) is 3.94. The van der Waals surface area contributed by atoms with Gasteiger partial charge in [-0.05, 0) is 42.5 Å². The largest absolute Gasteiger partial charge is 0.378 e. The van der Waals surface area contributed by atoms with Gasteiger partial charge in [-0.15, -0.1) is 24.0 Å². The number of benzene rings is 1. The van der Waals surface area contributed by atoms with E-state index in [1.807, 2.05) is 12.1 Å². The molecule has 0 radical (unpaired) electrons. The van der Waals surface area contributed by atoms with Gasteiger partial charge in [0, 0.05) is 30.3 Å². The molecule has 2 fully saturated rings. The number of anilines is 1. The lowest BCUT2D eigenvalue weighted by molar-refractivity contribution is 0.122. The summed E-state index contributed by atoms with van der Waals surface area (Å²) in [6, 6.07) is 5.98. The number of hydrogen-bond acceptors (Lipinski definition) is 3. The molecule has 1 heterocycles. The lowest BCUT2D eigenvalue weighted by Crippen LogP contribution is -2.37. The predicted molar refractivity (Wildman–Crippen MR) is 111 cm³/mol. The van der Waals surface area contributed by atoms with E-state index in [9.17, 15) is 0 Å². The van der Waals surface area contributed by atoms with Gasteiger partial charge in [0.1, 0.15) is 0 Å². The van der Waals surface area contributed by atoms with Gasteiger partial charge >= 0.3 is 0 Å². The summed E-state index contributed by atoms with van der Waals surface area (Å²) in [5, 5.41) is 3.96. The average Bonchev–Trinajstić information content (AvgIpc) is 2.52. The molecule has 0 spiro atoms. The molecule has 134 valence electrons. The summed E-state index contributed by atoms with van der Waals surface area (Å²) < 4.78 is 5.43. The van der Waals surface area contributed by atoms with Crippen molar-refractivity contribution in [3.8, 4) is 0 Å². The Morgan fingerprint density at radius 3 is 2.75 bits per heavy atom. The fourth-order valence-corrected chi connectivity index (χ4v) is 3.16. The molecule has 3 rings (SSSR count). The van der Waals surface area contributed by atoms with Crippen molar-refractivity contribution in [3.05, 3.63) is 28.8 Å². The van der Waals surface area contributed by atoms with Crippen molar-refractivity contribution in [3.63, 3.8) is 0 Å².